The Morgan fingerprint density at radius 2 is 2.04 bits per heavy atom. The average molecular weight is 378 g/mol. The van der Waals surface area contributed by atoms with E-state index >= 15 is 0 Å². The monoisotopic (exact) mass is 377 g/mol. The SMILES string of the molecule is CN=C(NCCCn1cc(C)cn1)NCc1ccc(S(C)(=O)=O)c(C)c1. The van der Waals surface area contributed by atoms with Crippen LogP contribution in [0, 0.1) is 13.8 Å². The number of rotatable bonds is 7. The largest absolute Gasteiger partial charge is 0.356 e. The molecule has 0 saturated heterocycles. The zero-order valence-corrected chi connectivity index (χ0v) is 16.6. The minimum Gasteiger partial charge on any atom is -0.356 e. The molecular formula is C18H27N5O2S. The lowest BCUT2D eigenvalue weighted by Gasteiger charge is -2.13. The van der Waals surface area contributed by atoms with Gasteiger partial charge in [0.1, 0.15) is 0 Å². The molecule has 0 aliphatic carbocycles. The van der Waals surface area contributed by atoms with Gasteiger partial charge in [-0.1, -0.05) is 12.1 Å². The fourth-order valence-electron chi connectivity index (χ4n) is 2.68. The first kappa shape index (κ1) is 20.0. The van der Waals surface area contributed by atoms with Crippen molar-refractivity contribution < 1.29 is 8.42 Å². The van der Waals surface area contributed by atoms with Crippen LogP contribution in [-0.4, -0.2) is 44.0 Å². The maximum Gasteiger partial charge on any atom is 0.191 e. The Labute approximate surface area is 155 Å². The topological polar surface area (TPSA) is 88.4 Å². The van der Waals surface area contributed by atoms with E-state index in [-0.39, 0.29) is 0 Å². The molecule has 0 amide bonds. The van der Waals surface area contributed by atoms with Gasteiger partial charge in [-0.05, 0) is 43.0 Å². The van der Waals surface area contributed by atoms with Crippen molar-refractivity contribution >= 4 is 15.8 Å². The predicted molar refractivity (Wildman–Crippen MR) is 104 cm³/mol. The Morgan fingerprint density at radius 1 is 1.27 bits per heavy atom. The fourth-order valence-corrected chi connectivity index (χ4v) is 3.64. The van der Waals surface area contributed by atoms with Gasteiger partial charge in [-0.25, -0.2) is 8.42 Å². The van der Waals surface area contributed by atoms with Crippen molar-refractivity contribution in [3.63, 3.8) is 0 Å². The van der Waals surface area contributed by atoms with Crippen molar-refractivity contribution in [2.75, 3.05) is 19.8 Å². The van der Waals surface area contributed by atoms with E-state index in [2.05, 4.69) is 20.7 Å². The highest BCUT2D eigenvalue weighted by Crippen LogP contribution is 2.16. The van der Waals surface area contributed by atoms with Gasteiger partial charge in [0.05, 0.1) is 11.1 Å². The molecule has 0 fully saturated rings. The van der Waals surface area contributed by atoms with Gasteiger partial charge in [0.2, 0.25) is 0 Å². The summed E-state index contributed by atoms with van der Waals surface area (Å²) < 4.78 is 25.3. The van der Waals surface area contributed by atoms with E-state index in [1.807, 2.05) is 43.1 Å². The van der Waals surface area contributed by atoms with Gasteiger partial charge < -0.3 is 10.6 Å². The third-order valence-electron chi connectivity index (χ3n) is 3.94. The number of aliphatic imine (C=N–C) groups is 1. The second-order valence-corrected chi connectivity index (χ2v) is 8.34. The quantitative estimate of drug-likeness (QED) is 0.435. The Bertz CT molecular complexity index is 871. The van der Waals surface area contributed by atoms with E-state index in [9.17, 15) is 8.42 Å². The van der Waals surface area contributed by atoms with Crippen molar-refractivity contribution in [1.29, 1.82) is 0 Å². The number of sulfone groups is 1. The number of guanidine groups is 1. The Kier molecular flexibility index (Phi) is 6.79. The van der Waals surface area contributed by atoms with Crippen molar-refractivity contribution in [3.05, 3.63) is 47.3 Å². The van der Waals surface area contributed by atoms with E-state index in [1.54, 1.807) is 13.1 Å². The number of aromatic nitrogens is 2. The van der Waals surface area contributed by atoms with Gasteiger partial charge in [-0.2, -0.15) is 5.10 Å². The summed E-state index contributed by atoms with van der Waals surface area (Å²) in [5.41, 5.74) is 2.92. The molecule has 0 atom stereocenters. The lowest BCUT2D eigenvalue weighted by Crippen LogP contribution is -2.37. The Hall–Kier alpha value is -2.35. The summed E-state index contributed by atoms with van der Waals surface area (Å²) in [6.07, 6.45) is 6.04. The molecule has 2 rings (SSSR count). The molecule has 142 valence electrons. The van der Waals surface area contributed by atoms with Crippen molar-refractivity contribution in [1.82, 2.24) is 20.4 Å². The summed E-state index contributed by atoms with van der Waals surface area (Å²) in [6.45, 7) is 6.04. The first-order valence-electron chi connectivity index (χ1n) is 8.53. The molecule has 2 aromatic rings. The highest BCUT2D eigenvalue weighted by molar-refractivity contribution is 7.90. The van der Waals surface area contributed by atoms with Crippen LogP contribution in [-0.2, 0) is 22.9 Å². The molecule has 0 unspecified atom stereocenters. The first-order chi connectivity index (χ1) is 12.3. The molecule has 1 aromatic heterocycles. The van der Waals surface area contributed by atoms with Gasteiger partial charge in [-0.15, -0.1) is 0 Å². The fraction of sp³-hybridized carbons (Fsp3) is 0.444. The van der Waals surface area contributed by atoms with E-state index in [4.69, 9.17) is 0 Å². The minimum absolute atomic E-state index is 0.373. The van der Waals surface area contributed by atoms with Crippen molar-refractivity contribution in [2.45, 2.75) is 38.3 Å². The van der Waals surface area contributed by atoms with Crippen molar-refractivity contribution in [3.8, 4) is 0 Å². The molecule has 2 N–H and O–H groups in total. The molecule has 0 aliphatic heterocycles. The molecule has 0 spiro atoms. The zero-order chi connectivity index (χ0) is 19.2. The number of nitrogens with one attached hydrogen (secondary N) is 2. The summed E-state index contributed by atoms with van der Waals surface area (Å²) in [7, 11) is -1.46. The molecule has 8 heteroatoms. The molecule has 1 aromatic carbocycles. The number of nitrogens with zero attached hydrogens (tertiary/aromatic N) is 3. The number of hydrogen-bond donors (Lipinski definition) is 2. The van der Waals surface area contributed by atoms with Crippen LogP contribution in [0.5, 0.6) is 0 Å². The van der Waals surface area contributed by atoms with E-state index in [0.29, 0.717) is 17.4 Å². The molecule has 26 heavy (non-hydrogen) atoms. The third kappa shape index (κ3) is 5.87. The Balaban J connectivity index is 1.80. The van der Waals surface area contributed by atoms with Crippen LogP contribution in [0.15, 0.2) is 40.5 Å². The molecule has 0 radical (unpaired) electrons. The van der Waals surface area contributed by atoms with Gasteiger partial charge in [0, 0.05) is 39.1 Å². The molecule has 1 heterocycles. The van der Waals surface area contributed by atoms with E-state index in [0.717, 1.165) is 36.2 Å². The molecule has 0 aliphatic rings. The maximum atomic E-state index is 11.7. The molecule has 7 nitrogen and oxygen atoms in total. The lowest BCUT2D eigenvalue weighted by molar-refractivity contribution is 0.570. The summed E-state index contributed by atoms with van der Waals surface area (Å²) >= 11 is 0. The Morgan fingerprint density at radius 3 is 2.62 bits per heavy atom. The van der Waals surface area contributed by atoms with Crippen LogP contribution in [0.25, 0.3) is 0 Å². The smallest absolute Gasteiger partial charge is 0.191 e. The van der Waals surface area contributed by atoms with Crippen LogP contribution in [0.2, 0.25) is 0 Å². The van der Waals surface area contributed by atoms with Gasteiger partial charge in [0.25, 0.3) is 0 Å². The standard InChI is InChI=1S/C18H27N5O2S/c1-14-11-22-23(13-14)9-5-8-20-18(19-3)21-12-16-6-7-17(15(2)10-16)26(4,24)25/h6-7,10-11,13H,5,8-9,12H2,1-4H3,(H2,19,20,21). The van der Waals surface area contributed by atoms with Gasteiger partial charge >= 0.3 is 0 Å². The minimum atomic E-state index is -3.19. The molecule has 0 saturated carbocycles. The number of aryl methyl sites for hydroxylation is 3. The predicted octanol–water partition coefficient (Wildman–Crippen LogP) is 1.66. The molecule has 0 bridgehead atoms. The van der Waals surface area contributed by atoms with Gasteiger partial charge in [0.15, 0.2) is 15.8 Å². The highest BCUT2D eigenvalue weighted by atomic mass is 32.2. The lowest BCUT2D eigenvalue weighted by atomic mass is 10.1. The normalized spacial score (nSPS) is 12.2. The number of benzene rings is 1. The van der Waals surface area contributed by atoms with Crippen LogP contribution in [0.4, 0.5) is 0 Å². The van der Waals surface area contributed by atoms with Crippen LogP contribution in [0.3, 0.4) is 0 Å². The highest BCUT2D eigenvalue weighted by Gasteiger charge is 2.10. The zero-order valence-electron chi connectivity index (χ0n) is 15.8. The van der Waals surface area contributed by atoms with Crippen LogP contribution < -0.4 is 10.6 Å². The molecular weight excluding hydrogens is 350 g/mol. The van der Waals surface area contributed by atoms with E-state index in [1.165, 1.54) is 6.26 Å². The summed E-state index contributed by atoms with van der Waals surface area (Å²) in [5, 5.41) is 10.8. The summed E-state index contributed by atoms with van der Waals surface area (Å²) in [4.78, 5) is 4.58. The second kappa shape index (κ2) is 8.84. The number of hydrogen-bond acceptors (Lipinski definition) is 4. The summed E-state index contributed by atoms with van der Waals surface area (Å²) in [5.74, 6) is 0.714. The van der Waals surface area contributed by atoms with Gasteiger partial charge in [-0.3, -0.25) is 9.67 Å². The summed E-state index contributed by atoms with van der Waals surface area (Å²) in [6, 6.07) is 5.37. The van der Waals surface area contributed by atoms with E-state index < -0.39 is 9.84 Å². The second-order valence-electron chi connectivity index (χ2n) is 6.36. The first-order valence-corrected chi connectivity index (χ1v) is 10.4. The van der Waals surface area contributed by atoms with Crippen LogP contribution in [0.1, 0.15) is 23.1 Å². The van der Waals surface area contributed by atoms with Crippen LogP contribution >= 0.6 is 0 Å². The third-order valence-corrected chi connectivity index (χ3v) is 5.20. The average Bonchev–Trinajstić information content (AvgIpc) is 2.98. The maximum absolute atomic E-state index is 11.7. The van der Waals surface area contributed by atoms with Crippen molar-refractivity contribution in [2.24, 2.45) is 4.99 Å².